The summed E-state index contributed by atoms with van der Waals surface area (Å²) in [4.78, 5) is 28.3. The van der Waals surface area contributed by atoms with Crippen LogP contribution >= 0.6 is 0 Å². The van der Waals surface area contributed by atoms with Crippen molar-refractivity contribution in [2.24, 2.45) is 17.8 Å². The molecule has 0 spiro atoms. The van der Waals surface area contributed by atoms with Crippen molar-refractivity contribution < 1.29 is 9.59 Å². The standard InChI is InChI=1S/C21H31N3O2/c1-15(25)24-20(19-8-4-5-13-22-19)17-11-9-16(10-12-17)14-23-21(26)18-6-2-3-7-18/h4-5,8,13,16-18,20H,2-3,6-7,9-12,14H2,1H3,(H,23,26)(H,24,25)/t16?,17?,20-/m0/s1. The van der Waals surface area contributed by atoms with E-state index in [-0.39, 0.29) is 23.8 Å². The molecule has 0 aromatic carbocycles. The Bertz CT molecular complexity index is 591. The fraction of sp³-hybridized carbons (Fsp3) is 0.667. The van der Waals surface area contributed by atoms with Gasteiger partial charge in [0.2, 0.25) is 11.8 Å². The number of rotatable bonds is 6. The van der Waals surface area contributed by atoms with Crippen LogP contribution in [-0.4, -0.2) is 23.3 Å². The molecule has 2 fully saturated rings. The average molecular weight is 357 g/mol. The number of nitrogens with one attached hydrogen (secondary N) is 2. The van der Waals surface area contributed by atoms with Crippen LogP contribution in [0.5, 0.6) is 0 Å². The van der Waals surface area contributed by atoms with Gasteiger partial charge < -0.3 is 10.6 Å². The van der Waals surface area contributed by atoms with Crippen molar-refractivity contribution in [3.05, 3.63) is 30.1 Å². The van der Waals surface area contributed by atoms with E-state index < -0.39 is 0 Å². The van der Waals surface area contributed by atoms with Crippen LogP contribution in [0.2, 0.25) is 0 Å². The molecular formula is C21H31N3O2. The maximum Gasteiger partial charge on any atom is 0.223 e. The molecule has 0 radical (unpaired) electrons. The molecule has 1 aromatic heterocycles. The molecule has 0 aliphatic heterocycles. The third-order valence-electron chi connectivity index (χ3n) is 6.02. The number of hydrogen-bond donors (Lipinski definition) is 2. The lowest BCUT2D eigenvalue weighted by atomic mass is 9.77. The molecule has 1 aromatic rings. The number of nitrogens with zero attached hydrogens (tertiary/aromatic N) is 1. The van der Waals surface area contributed by atoms with Gasteiger partial charge in [0.25, 0.3) is 0 Å². The summed E-state index contributed by atoms with van der Waals surface area (Å²) < 4.78 is 0. The van der Waals surface area contributed by atoms with Gasteiger partial charge in [-0.25, -0.2) is 0 Å². The van der Waals surface area contributed by atoms with E-state index >= 15 is 0 Å². The highest BCUT2D eigenvalue weighted by Gasteiger charge is 2.30. The predicted octanol–water partition coefficient (Wildman–Crippen LogP) is 3.37. The molecule has 2 saturated carbocycles. The van der Waals surface area contributed by atoms with E-state index in [2.05, 4.69) is 15.6 Å². The minimum absolute atomic E-state index is 0.00777. The molecule has 1 atom stereocenters. The Balaban J connectivity index is 1.49. The molecule has 0 unspecified atom stereocenters. The molecule has 2 aliphatic rings. The smallest absolute Gasteiger partial charge is 0.223 e. The van der Waals surface area contributed by atoms with Gasteiger partial charge in [-0.1, -0.05) is 18.9 Å². The van der Waals surface area contributed by atoms with Crippen LogP contribution in [0.4, 0.5) is 0 Å². The monoisotopic (exact) mass is 357 g/mol. The summed E-state index contributed by atoms with van der Waals surface area (Å²) in [5.41, 5.74) is 0.945. The zero-order valence-electron chi connectivity index (χ0n) is 15.7. The molecular weight excluding hydrogens is 326 g/mol. The van der Waals surface area contributed by atoms with Gasteiger partial charge in [0.05, 0.1) is 11.7 Å². The first kappa shape index (κ1) is 18.9. The Morgan fingerprint density at radius 2 is 1.85 bits per heavy atom. The van der Waals surface area contributed by atoms with Crippen molar-refractivity contribution >= 4 is 11.8 Å². The van der Waals surface area contributed by atoms with E-state index in [9.17, 15) is 9.59 Å². The first-order valence-corrected chi connectivity index (χ1v) is 10.1. The fourth-order valence-electron chi connectivity index (χ4n) is 4.52. The number of hydrogen-bond acceptors (Lipinski definition) is 3. The molecule has 5 nitrogen and oxygen atoms in total. The number of carbonyl (C=O) groups is 2. The second-order valence-electron chi connectivity index (χ2n) is 7.94. The van der Waals surface area contributed by atoms with Crippen molar-refractivity contribution in [2.45, 2.75) is 64.3 Å². The summed E-state index contributed by atoms with van der Waals surface area (Å²) in [5, 5.41) is 6.28. The second-order valence-corrected chi connectivity index (χ2v) is 7.94. The molecule has 2 aliphatic carbocycles. The highest BCUT2D eigenvalue weighted by atomic mass is 16.2. The van der Waals surface area contributed by atoms with Crippen molar-refractivity contribution in [1.29, 1.82) is 0 Å². The van der Waals surface area contributed by atoms with E-state index in [1.807, 2.05) is 18.2 Å². The minimum Gasteiger partial charge on any atom is -0.356 e. The van der Waals surface area contributed by atoms with E-state index in [1.54, 1.807) is 13.1 Å². The summed E-state index contributed by atoms with van der Waals surface area (Å²) in [7, 11) is 0. The number of pyridine rings is 1. The van der Waals surface area contributed by atoms with Gasteiger partial charge in [0.1, 0.15) is 0 Å². The molecule has 2 amide bonds. The van der Waals surface area contributed by atoms with Crippen LogP contribution in [0.15, 0.2) is 24.4 Å². The largest absolute Gasteiger partial charge is 0.356 e. The third-order valence-corrected chi connectivity index (χ3v) is 6.02. The van der Waals surface area contributed by atoms with Crippen LogP contribution in [-0.2, 0) is 9.59 Å². The Kier molecular flexibility index (Phi) is 6.64. The van der Waals surface area contributed by atoms with Gasteiger partial charge >= 0.3 is 0 Å². The molecule has 3 rings (SSSR count). The molecule has 142 valence electrons. The van der Waals surface area contributed by atoms with E-state index in [0.29, 0.717) is 11.8 Å². The summed E-state index contributed by atoms with van der Waals surface area (Å²) in [6.07, 6.45) is 10.6. The lowest BCUT2D eigenvalue weighted by Gasteiger charge is -2.34. The van der Waals surface area contributed by atoms with Crippen LogP contribution in [0, 0.1) is 17.8 Å². The Morgan fingerprint density at radius 1 is 1.12 bits per heavy atom. The quantitative estimate of drug-likeness (QED) is 0.820. The summed E-state index contributed by atoms with van der Waals surface area (Å²) in [6.45, 7) is 2.37. The Hall–Kier alpha value is -1.91. The molecule has 2 N–H and O–H groups in total. The number of carbonyl (C=O) groups excluding carboxylic acids is 2. The van der Waals surface area contributed by atoms with Gasteiger partial charge in [-0.2, -0.15) is 0 Å². The van der Waals surface area contributed by atoms with Gasteiger partial charge in [-0.05, 0) is 62.5 Å². The van der Waals surface area contributed by atoms with Crippen molar-refractivity contribution in [3.8, 4) is 0 Å². The molecule has 1 heterocycles. The minimum atomic E-state index is -0.0114. The molecule has 0 saturated heterocycles. The van der Waals surface area contributed by atoms with Crippen molar-refractivity contribution in [1.82, 2.24) is 15.6 Å². The van der Waals surface area contributed by atoms with Gasteiger partial charge in [0, 0.05) is 25.6 Å². The number of aromatic nitrogens is 1. The fourth-order valence-corrected chi connectivity index (χ4v) is 4.52. The van der Waals surface area contributed by atoms with E-state index in [4.69, 9.17) is 0 Å². The normalized spacial score (nSPS) is 24.8. The van der Waals surface area contributed by atoms with Crippen LogP contribution in [0.1, 0.15) is 70.0 Å². The molecule has 26 heavy (non-hydrogen) atoms. The van der Waals surface area contributed by atoms with E-state index in [1.165, 1.54) is 12.8 Å². The Labute approximate surface area is 156 Å². The maximum atomic E-state index is 12.2. The predicted molar refractivity (Wildman–Crippen MR) is 101 cm³/mol. The average Bonchev–Trinajstić information content (AvgIpc) is 3.20. The zero-order chi connectivity index (χ0) is 18.4. The van der Waals surface area contributed by atoms with Gasteiger partial charge in [-0.3, -0.25) is 14.6 Å². The molecule has 0 bridgehead atoms. The highest BCUT2D eigenvalue weighted by molar-refractivity contribution is 5.78. The topological polar surface area (TPSA) is 71.1 Å². The van der Waals surface area contributed by atoms with Gasteiger partial charge in [-0.15, -0.1) is 0 Å². The Morgan fingerprint density at radius 3 is 2.46 bits per heavy atom. The SMILES string of the molecule is CC(=O)N[C@H](c1ccccn1)C1CCC(CNC(=O)C2CCCC2)CC1. The first-order chi connectivity index (χ1) is 12.6. The van der Waals surface area contributed by atoms with Crippen LogP contribution < -0.4 is 10.6 Å². The number of amides is 2. The summed E-state index contributed by atoms with van der Waals surface area (Å²) in [6, 6.07) is 5.86. The first-order valence-electron chi connectivity index (χ1n) is 10.1. The van der Waals surface area contributed by atoms with Gasteiger partial charge in [0.15, 0.2) is 0 Å². The van der Waals surface area contributed by atoms with Crippen LogP contribution in [0.25, 0.3) is 0 Å². The van der Waals surface area contributed by atoms with Crippen molar-refractivity contribution in [2.75, 3.05) is 6.54 Å². The third kappa shape index (κ3) is 5.05. The molecule has 5 heteroatoms. The second kappa shape index (κ2) is 9.15. The maximum absolute atomic E-state index is 12.2. The van der Waals surface area contributed by atoms with Crippen LogP contribution in [0.3, 0.4) is 0 Å². The summed E-state index contributed by atoms with van der Waals surface area (Å²) >= 11 is 0. The zero-order valence-corrected chi connectivity index (χ0v) is 15.7. The lowest BCUT2D eigenvalue weighted by Crippen LogP contribution is -2.37. The highest BCUT2D eigenvalue weighted by Crippen LogP contribution is 2.36. The lowest BCUT2D eigenvalue weighted by molar-refractivity contribution is -0.125. The van der Waals surface area contributed by atoms with E-state index in [0.717, 1.165) is 50.8 Å². The van der Waals surface area contributed by atoms with Crippen molar-refractivity contribution in [3.63, 3.8) is 0 Å². The summed E-state index contributed by atoms with van der Waals surface area (Å²) in [5.74, 6) is 1.47.